The van der Waals surface area contributed by atoms with Gasteiger partial charge in [0.15, 0.2) is 0 Å². The second kappa shape index (κ2) is 7.83. The van der Waals surface area contributed by atoms with E-state index in [1.807, 2.05) is 25.1 Å². The third-order valence-electron chi connectivity index (χ3n) is 5.54. The third kappa shape index (κ3) is 3.70. The van der Waals surface area contributed by atoms with Crippen molar-refractivity contribution in [3.05, 3.63) is 53.3 Å². The number of nitrogen functional groups attached to an aromatic ring is 1. The predicted molar refractivity (Wildman–Crippen MR) is 109 cm³/mol. The maximum Gasteiger partial charge on any atom is 0.317 e. The van der Waals surface area contributed by atoms with Gasteiger partial charge in [0.05, 0.1) is 24.0 Å². The van der Waals surface area contributed by atoms with Crippen LogP contribution >= 0.6 is 0 Å². The maximum absolute atomic E-state index is 14.6. The van der Waals surface area contributed by atoms with Crippen LogP contribution < -0.4 is 15.5 Å². The summed E-state index contributed by atoms with van der Waals surface area (Å²) in [6.07, 6.45) is 2.11. The van der Waals surface area contributed by atoms with Crippen LogP contribution in [0.25, 0.3) is 0 Å². The predicted octanol–water partition coefficient (Wildman–Crippen LogP) is 2.82. The zero-order valence-electron chi connectivity index (χ0n) is 16.4. The Morgan fingerprint density at radius 3 is 2.86 bits per heavy atom. The van der Waals surface area contributed by atoms with Crippen LogP contribution in [0.15, 0.2) is 36.4 Å². The highest BCUT2D eigenvalue weighted by atomic mass is 19.1. The van der Waals surface area contributed by atoms with Crippen LogP contribution in [0.3, 0.4) is 0 Å². The number of halogens is 1. The Hall–Kier alpha value is -2.93. The first-order valence-corrected chi connectivity index (χ1v) is 9.84. The van der Waals surface area contributed by atoms with Gasteiger partial charge in [-0.1, -0.05) is 18.2 Å². The third-order valence-corrected chi connectivity index (χ3v) is 5.54. The average Bonchev–Trinajstić information content (AvgIpc) is 3.36. The molecule has 7 heteroatoms. The van der Waals surface area contributed by atoms with Gasteiger partial charge in [-0.2, -0.15) is 0 Å². The summed E-state index contributed by atoms with van der Waals surface area (Å²) in [6, 6.07) is 9.94. The molecular formula is C22H24FN3O3. The molecule has 1 unspecified atom stereocenters. The van der Waals surface area contributed by atoms with Gasteiger partial charge in [0.1, 0.15) is 5.82 Å². The summed E-state index contributed by atoms with van der Waals surface area (Å²) in [4.78, 5) is 29.1. The van der Waals surface area contributed by atoms with Crippen molar-refractivity contribution in [1.82, 2.24) is 0 Å². The van der Waals surface area contributed by atoms with Gasteiger partial charge < -0.3 is 15.4 Å². The zero-order valence-corrected chi connectivity index (χ0v) is 16.4. The van der Waals surface area contributed by atoms with Crippen LogP contribution in [-0.4, -0.2) is 37.6 Å². The van der Waals surface area contributed by atoms with Gasteiger partial charge in [-0.15, -0.1) is 0 Å². The molecule has 2 aliphatic heterocycles. The fourth-order valence-corrected chi connectivity index (χ4v) is 4.11. The Labute approximate surface area is 169 Å². The van der Waals surface area contributed by atoms with Crippen molar-refractivity contribution in [1.29, 1.82) is 0 Å². The summed E-state index contributed by atoms with van der Waals surface area (Å²) in [7, 11) is 0. The number of carbonyl (C=O) groups is 2. The average molecular weight is 397 g/mol. The van der Waals surface area contributed by atoms with Gasteiger partial charge in [0.2, 0.25) is 0 Å². The Balaban J connectivity index is 1.65. The minimum Gasteiger partial charge on any atom is -0.399 e. The van der Waals surface area contributed by atoms with Crippen LogP contribution in [0.4, 0.5) is 21.5 Å². The molecule has 2 aromatic rings. The van der Waals surface area contributed by atoms with E-state index in [0.717, 1.165) is 35.7 Å². The molecule has 4 rings (SSSR count). The van der Waals surface area contributed by atoms with E-state index in [1.165, 1.54) is 21.9 Å². The number of aryl methyl sites for hydroxylation is 1. The molecular weight excluding hydrogens is 373 g/mol. The normalized spacial score (nSPS) is 18.0. The van der Waals surface area contributed by atoms with Crippen LogP contribution in [0, 0.1) is 12.7 Å². The number of hydrogen-bond donors (Lipinski definition) is 1. The molecule has 6 nitrogen and oxygen atoms in total. The Morgan fingerprint density at radius 1 is 1.31 bits per heavy atom. The Bertz CT molecular complexity index is 956. The number of para-hydroxylation sites is 1. The zero-order chi connectivity index (χ0) is 20.5. The topological polar surface area (TPSA) is 75.9 Å². The van der Waals surface area contributed by atoms with Crippen LogP contribution in [-0.2, 0) is 20.7 Å². The van der Waals surface area contributed by atoms with E-state index in [-0.39, 0.29) is 24.0 Å². The smallest absolute Gasteiger partial charge is 0.317 e. The van der Waals surface area contributed by atoms with Gasteiger partial charge in [-0.05, 0) is 55.5 Å². The van der Waals surface area contributed by atoms with Crippen molar-refractivity contribution in [2.24, 2.45) is 0 Å². The van der Waals surface area contributed by atoms with E-state index in [2.05, 4.69) is 0 Å². The fraction of sp³-hybridized carbons (Fsp3) is 0.364. The van der Waals surface area contributed by atoms with Gasteiger partial charge >= 0.3 is 11.8 Å². The summed E-state index contributed by atoms with van der Waals surface area (Å²) >= 11 is 0. The second-order valence-corrected chi connectivity index (χ2v) is 7.55. The number of rotatable bonds is 3. The molecule has 0 aromatic heterocycles. The summed E-state index contributed by atoms with van der Waals surface area (Å²) in [5.74, 6) is -2.06. The van der Waals surface area contributed by atoms with Crippen molar-refractivity contribution in [3.8, 4) is 0 Å². The summed E-state index contributed by atoms with van der Waals surface area (Å²) in [5, 5.41) is 0. The molecule has 2 heterocycles. The van der Waals surface area contributed by atoms with Crippen molar-refractivity contribution in [2.75, 3.05) is 35.2 Å². The second-order valence-electron chi connectivity index (χ2n) is 7.55. The number of carbonyl (C=O) groups excluding carboxylic acids is 2. The molecule has 0 spiro atoms. The molecule has 2 aromatic carbocycles. The van der Waals surface area contributed by atoms with E-state index in [1.54, 1.807) is 0 Å². The summed E-state index contributed by atoms with van der Waals surface area (Å²) in [5.41, 5.74) is 8.70. The lowest BCUT2D eigenvalue weighted by Gasteiger charge is -2.28. The molecule has 2 aliphatic rings. The highest BCUT2D eigenvalue weighted by Gasteiger charge is 2.35. The van der Waals surface area contributed by atoms with Gasteiger partial charge in [0.25, 0.3) is 0 Å². The first-order valence-electron chi connectivity index (χ1n) is 9.84. The lowest BCUT2D eigenvalue weighted by atomic mass is 10.1. The number of anilines is 3. The van der Waals surface area contributed by atoms with E-state index in [9.17, 15) is 14.0 Å². The number of benzene rings is 2. The quantitative estimate of drug-likeness (QED) is 0.638. The van der Waals surface area contributed by atoms with Crippen molar-refractivity contribution in [3.63, 3.8) is 0 Å². The standard InChI is InChI=1S/C22H24FN3O3/c1-14-4-2-5-15-9-10-25(20(14)15)21(27)22(28)26(13-17-6-3-11-29-17)19-8-7-16(24)12-18(19)23/h2,4-5,7-8,12,17H,3,6,9-11,13,24H2,1H3. The molecule has 152 valence electrons. The minimum atomic E-state index is -0.764. The van der Waals surface area contributed by atoms with Gasteiger partial charge in [-0.3, -0.25) is 14.5 Å². The number of ether oxygens (including phenoxy) is 1. The molecule has 0 radical (unpaired) electrons. The van der Waals surface area contributed by atoms with Crippen molar-refractivity contribution in [2.45, 2.75) is 32.3 Å². The molecule has 29 heavy (non-hydrogen) atoms. The maximum atomic E-state index is 14.6. The molecule has 0 saturated carbocycles. The lowest BCUT2D eigenvalue weighted by Crippen LogP contribution is -2.48. The minimum absolute atomic E-state index is 0.0391. The monoisotopic (exact) mass is 397 g/mol. The highest BCUT2D eigenvalue weighted by Crippen LogP contribution is 2.32. The van der Waals surface area contributed by atoms with E-state index in [0.29, 0.717) is 19.6 Å². The van der Waals surface area contributed by atoms with Gasteiger partial charge in [0, 0.05) is 18.8 Å². The van der Waals surface area contributed by atoms with Crippen LogP contribution in [0.2, 0.25) is 0 Å². The van der Waals surface area contributed by atoms with Gasteiger partial charge in [-0.25, -0.2) is 4.39 Å². The number of amides is 2. The van der Waals surface area contributed by atoms with E-state index < -0.39 is 17.6 Å². The van der Waals surface area contributed by atoms with E-state index >= 15 is 0 Å². The summed E-state index contributed by atoms with van der Waals surface area (Å²) in [6.45, 7) is 3.07. The molecule has 1 saturated heterocycles. The molecule has 0 bridgehead atoms. The number of fused-ring (bicyclic) bond motifs is 1. The van der Waals surface area contributed by atoms with Crippen LogP contribution in [0.5, 0.6) is 0 Å². The van der Waals surface area contributed by atoms with E-state index in [4.69, 9.17) is 10.5 Å². The highest BCUT2D eigenvalue weighted by molar-refractivity contribution is 6.45. The summed E-state index contributed by atoms with van der Waals surface area (Å²) < 4.78 is 20.3. The molecule has 1 atom stereocenters. The number of nitrogens with zero attached hydrogens (tertiary/aromatic N) is 2. The Morgan fingerprint density at radius 2 is 2.14 bits per heavy atom. The number of nitrogens with two attached hydrogens (primary N) is 1. The largest absolute Gasteiger partial charge is 0.399 e. The van der Waals surface area contributed by atoms with Crippen molar-refractivity contribution < 1.29 is 18.7 Å². The Kier molecular flexibility index (Phi) is 5.24. The molecule has 2 amide bonds. The first kappa shape index (κ1) is 19.4. The molecule has 1 fully saturated rings. The molecule has 2 N–H and O–H groups in total. The lowest BCUT2D eigenvalue weighted by molar-refractivity contribution is -0.136. The first-order chi connectivity index (χ1) is 14.0. The SMILES string of the molecule is Cc1cccc2c1N(C(=O)C(=O)N(CC1CCCO1)c1ccc(N)cc1F)CC2. The number of hydrogen-bond acceptors (Lipinski definition) is 4. The van der Waals surface area contributed by atoms with Crippen LogP contribution in [0.1, 0.15) is 24.0 Å². The molecule has 0 aliphatic carbocycles. The van der Waals surface area contributed by atoms with Crippen molar-refractivity contribution >= 4 is 28.9 Å². The fourth-order valence-electron chi connectivity index (χ4n) is 4.11.